The summed E-state index contributed by atoms with van der Waals surface area (Å²) in [5, 5.41) is 10.8. The quantitative estimate of drug-likeness (QED) is 0.254. The first-order chi connectivity index (χ1) is 17.7. The third-order valence-corrected chi connectivity index (χ3v) is 11.2. The number of Topliss-reactive ketones (excluding diaryl/α,β-unsaturated/α-hetero) is 1. The number of aromatic hydroxyl groups is 1. The van der Waals surface area contributed by atoms with Crippen LogP contribution in [0.2, 0.25) is 0 Å². The Labute approximate surface area is 228 Å². The summed E-state index contributed by atoms with van der Waals surface area (Å²) < 4.78 is 5.76. The van der Waals surface area contributed by atoms with Crippen molar-refractivity contribution >= 4 is 23.5 Å². The van der Waals surface area contributed by atoms with E-state index in [4.69, 9.17) is 4.74 Å². The summed E-state index contributed by atoms with van der Waals surface area (Å²) in [4.78, 5) is 30.7. The summed E-state index contributed by atoms with van der Waals surface area (Å²) in [5.74, 6) is 0.0603. The molecule has 1 aromatic carbocycles. The van der Waals surface area contributed by atoms with Crippen LogP contribution < -0.4 is 0 Å². The molecule has 0 spiro atoms. The standard InChI is InChI=1S/C31H47NO4S/c1-7-10-14-29-19-26-31(28(35)36-9-3,27(34)16-21(4)37-6)20-30(29,15-11-8-2)25(32(26)5)17-22-12-13-23(33)18-24(22)29/h12-13,18,21,25-26,33H,7-11,14-17,19-20H2,1-6H3. The van der Waals surface area contributed by atoms with E-state index in [1.54, 1.807) is 11.8 Å². The van der Waals surface area contributed by atoms with E-state index in [2.05, 4.69) is 38.8 Å². The number of rotatable bonds is 12. The Morgan fingerprint density at radius 1 is 1.16 bits per heavy atom. The van der Waals surface area contributed by atoms with Crippen molar-refractivity contribution in [2.45, 2.75) is 115 Å². The molecule has 6 atom stereocenters. The van der Waals surface area contributed by atoms with Crippen LogP contribution in [0.4, 0.5) is 0 Å². The van der Waals surface area contributed by atoms with Gasteiger partial charge in [-0.2, -0.15) is 11.8 Å². The minimum absolute atomic E-state index is 0.0600. The lowest BCUT2D eigenvalue weighted by Crippen LogP contribution is -2.79. The molecule has 5 nitrogen and oxygen atoms in total. The van der Waals surface area contributed by atoms with Crippen LogP contribution in [0.1, 0.15) is 96.6 Å². The van der Waals surface area contributed by atoms with Crippen molar-refractivity contribution in [2.24, 2.45) is 10.8 Å². The number of nitrogens with zero attached hydrogens (tertiary/aromatic N) is 1. The normalized spacial score (nSPS) is 33.1. The van der Waals surface area contributed by atoms with Crippen molar-refractivity contribution in [3.8, 4) is 5.75 Å². The molecule has 1 N–H and O–H groups in total. The number of thioether (sulfide) groups is 1. The van der Waals surface area contributed by atoms with Gasteiger partial charge in [-0.25, -0.2) is 0 Å². The van der Waals surface area contributed by atoms with Crippen LogP contribution in [0.15, 0.2) is 18.2 Å². The highest BCUT2D eigenvalue weighted by Gasteiger charge is 2.75. The van der Waals surface area contributed by atoms with Crippen LogP contribution in [0.3, 0.4) is 0 Å². The van der Waals surface area contributed by atoms with Gasteiger partial charge in [-0.1, -0.05) is 52.5 Å². The lowest BCUT2D eigenvalue weighted by atomic mass is 9.36. The highest BCUT2D eigenvalue weighted by atomic mass is 32.2. The fourth-order valence-corrected chi connectivity index (χ4v) is 8.80. The average molecular weight is 530 g/mol. The number of ketones is 1. The molecule has 6 heteroatoms. The first kappa shape index (κ1) is 28.5. The van der Waals surface area contributed by atoms with Gasteiger partial charge in [-0.3, -0.25) is 14.5 Å². The van der Waals surface area contributed by atoms with E-state index in [1.807, 2.05) is 25.3 Å². The SMILES string of the molecule is CCCCC12CC3N(C)C(Cc4ccc(O)cc41)C2(CCCC)CC3(C(=O)CC(C)SC)C(=O)OCC. The molecule has 4 bridgehead atoms. The molecule has 6 unspecified atom stereocenters. The van der Waals surface area contributed by atoms with Crippen LogP contribution in [0.5, 0.6) is 5.75 Å². The molecule has 4 aliphatic rings. The van der Waals surface area contributed by atoms with Crippen LogP contribution in [-0.2, 0) is 26.2 Å². The summed E-state index contributed by atoms with van der Waals surface area (Å²) in [5.41, 5.74) is 1.07. The molecule has 0 amide bonds. The molecule has 3 fully saturated rings. The molecule has 0 aromatic heterocycles. The lowest BCUT2D eigenvalue weighted by Gasteiger charge is -2.74. The van der Waals surface area contributed by atoms with Crippen LogP contribution >= 0.6 is 11.8 Å². The number of carbonyl (C=O) groups is 2. The molecule has 5 rings (SSSR count). The number of ether oxygens (including phenoxy) is 1. The van der Waals surface area contributed by atoms with E-state index in [1.165, 1.54) is 11.1 Å². The number of esters is 1. The van der Waals surface area contributed by atoms with Crippen molar-refractivity contribution in [2.75, 3.05) is 19.9 Å². The monoisotopic (exact) mass is 529 g/mol. The second-order valence-electron chi connectivity index (χ2n) is 11.9. The number of carbonyl (C=O) groups excluding carboxylic acids is 2. The number of hydrogen-bond donors (Lipinski definition) is 1. The van der Waals surface area contributed by atoms with E-state index in [-0.39, 0.29) is 46.5 Å². The fraction of sp³-hybridized carbons (Fsp3) is 0.742. The fourth-order valence-electron chi connectivity index (χ4n) is 8.48. The summed E-state index contributed by atoms with van der Waals surface area (Å²) in [6.45, 7) is 8.67. The molecule has 206 valence electrons. The first-order valence-corrected chi connectivity index (χ1v) is 15.7. The third-order valence-electron chi connectivity index (χ3n) is 10.2. The smallest absolute Gasteiger partial charge is 0.321 e. The van der Waals surface area contributed by atoms with E-state index < -0.39 is 5.41 Å². The van der Waals surface area contributed by atoms with Crippen molar-refractivity contribution in [1.29, 1.82) is 0 Å². The minimum atomic E-state index is -1.14. The van der Waals surface area contributed by atoms with E-state index >= 15 is 0 Å². The number of likely N-dealkylation sites (N-methyl/N-ethyl adjacent to an activating group) is 1. The second-order valence-corrected chi connectivity index (χ2v) is 13.2. The Balaban J connectivity index is 1.97. The van der Waals surface area contributed by atoms with E-state index in [0.29, 0.717) is 18.6 Å². The number of hydrogen-bond acceptors (Lipinski definition) is 6. The number of phenolic OH excluding ortho intramolecular Hbond substituents is 1. The summed E-state index contributed by atoms with van der Waals surface area (Å²) in [6.07, 6.45) is 11.0. The van der Waals surface area contributed by atoms with Gasteiger partial charge in [0, 0.05) is 29.2 Å². The maximum absolute atomic E-state index is 14.3. The van der Waals surface area contributed by atoms with Gasteiger partial charge < -0.3 is 9.84 Å². The van der Waals surface area contributed by atoms with Gasteiger partial charge in [-0.05, 0) is 81.0 Å². The van der Waals surface area contributed by atoms with Crippen molar-refractivity contribution < 1.29 is 19.4 Å². The van der Waals surface area contributed by atoms with Gasteiger partial charge in [0.05, 0.1) is 6.61 Å². The Morgan fingerprint density at radius 3 is 2.51 bits per heavy atom. The molecule has 1 aromatic rings. The summed E-state index contributed by atoms with van der Waals surface area (Å²) in [7, 11) is 2.16. The van der Waals surface area contributed by atoms with Crippen LogP contribution in [-0.4, -0.2) is 59.0 Å². The zero-order valence-corrected chi connectivity index (χ0v) is 24.6. The molecule has 37 heavy (non-hydrogen) atoms. The topological polar surface area (TPSA) is 66.8 Å². The van der Waals surface area contributed by atoms with Gasteiger partial charge in [0.25, 0.3) is 0 Å². The Kier molecular flexibility index (Phi) is 8.40. The predicted octanol–water partition coefficient (Wildman–Crippen LogP) is 6.29. The molecule has 2 aliphatic heterocycles. The first-order valence-electron chi connectivity index (χ1n) is 14.4. The van der Waals surface area contributed by atoms with Crippen LogP contribution in [0.25, 0.3) is 0 Å². The molecule has 2 heterocycles. The maximum atomic E-state index is 14.3. The number of unbranched alkanes of at least 4 members (excludes halogenated alkanes) is 2. The molecule has 1 saturated carbocycles. The lowest BCUT2D eigenvalue weighted by molar-refractivity contribution is -0.218. The highest BCUT2D eigenvalue weighted by Crippen LogP contribution is 2.71. The average Bonchev–Trinajstić information content (AvgIpc) is 2.88. The Morgan fingerprint density at radius 2 is 1.86 bits per heavy atom. The molecular formula is C31H47NO4S. The summed E-state index contributed by atoms with van der Waals surface area (Å²) in [6, 6.07) is 6.01. The van der Waals surface area contributed by atoms with Crippen LogP contribution in [0, 0.1) is 10.8 Å². The van der Waals surface area contributed by atoms with Gasteiger partial charge >= 0.3 is 5.97 Å². The Bertz CT molecular complexity index is 1010. The van der Waals surface area contributed by atoms with Gasteiger partial charge in [0.2, 0.25) is 0 Å². The van der Waals surface area contributed by atoms with Crippen molar-refractivity contribution in [3.05, 3.63) is 29.3 Å². The van der Waals surface area contributed by atoms with Gasteiger partial charge in [0.1, 0.15) is 11.2 Å². The third kappa shape index (κ3) is 4.25. The zero-order chi connectivity index (χ0) is 27.0. The Hall–Kier alpha value is -1.53. The number of phenols is 1. The number of fused-ring (bicyclic) bond motifs is 2. The largest absolute Gasteiger partial charge is 0.508 e. The minimum Gasteiger partial charge on any atom is -0.508 e. The molecule has 2 aliphatic carbocycles. The highest BCUT2D eigenvalue weighted by molar-refractivity contribution is 7.99. The number of benzene rings is 1. The summed E-state index contributed by atoms with van der Waals surface area (Å²) >= 11 is 1.68. The molecular weight excluding hydrogens is 482 g/mol. The predicted molar refractivity (Wildman–Crippen MR) is 151 cm³/mol. The zero-order valence-electron chi connectivity index (χ0n) is 23.8. The van der Waals surface area contributed by atoms with Gasteiger partial charge in [-0.15, -0.1) is 0 Å². The molecule has 0 radical (unpaired) electrons. The maximum Gasteiger partial charge on any atom is 0.321 e. The second kappa shape index (κ2) is 10.9. The number of piperidine rings is 2. The molecule has 2 saturated heterocycles. The van der Waals surface area contributed by atoms with Crippen molar-refractivity contribution in [3.63, 3.8) is 0 Å². The van der Waals surface area contributed by atoms with Crippen molar-refractivity contribution in [1.82, 2.24) is 4.90 Å². The van der Waals surface area contributed by atoms with E-state index in [0.717, 1.165) is 51.4 Å². The van der Waals surface area contributed by atoms with E-state index in [9.17, 15) is 14.7 Å². The van der Waals surface area contributed by atoms with Gasteiger partial charge in [0.15, 0.2) is 5.78 Å².